The molecule has 0 radical (unpaired) electrons. The maximum Gasteiger partial charge on any atom is 0.164 e. The Morgan fingerprint density at radius 3 is 1.18 bits per heavy atom. The van der Waals surface area contributed by atoms with Gasteiger partial charge in [0.05, 0.1) is 11.6 Å². The van der Waals surface area contributed by atoms with Gasteiger partial charge in [-0.2, -0.15) is 5.26 Å². The summed E-state index contributed by atoms with van der Waals surface area (Å²) < 4.78 is 6.09. The van der Waals surface area contributed by atoms with Gasteiger partial charge in [0, 0.05) is 16.7 Å². The highest BCUT2D eigenvalue weighted by Crippen LogP contribution is 2.29. The van der Waals surface area contributed by atoms with Crippen molar-refractivity contribution in [1.82, 2.24) is 15.0 Å². The van der Waals surface area contributed by atoms with Gasteiger partial charge in [-0.3, -0.25) is 0 Å². The van der Waals surface area contributed by atoms with E-state index in [0.717, 1.165) is 33.6 Å². The second-order valence-electron chi connectivity index (χ2n) is 8.88. The van der Waals surface area contributed by atoms with Gasteiger partial charge in [0.1, 0.15) is 11.5 Å². The Kier molecular flexibility index (Phi) is 6.58. The van der Waals surface area contributed by atoms with E-state index in [-0.39, 0.29) is 0 Å². The minimum Gasteiger partial charge on any atom is -0.457 e. The van der Waals surface area contributed by atoms with Crippen LogP contribution in [-0.2, 0) is 0 Å². The fraction of sp³-hybridized carbons (Fsp3) is 0. The van der Waals surface area contributed by atoms with E-state index >= 15 is 0 Å². The van der Waals surface area contributed by atoms with Gasteiger partial charge in [-0.25, -0.2) is 15.0 Å². The van der Waals surface area contributed by atoms with Gasteiger partial charge in [-0.15, -0.1) is 0 Å². The zero-order chi connectivity index (χ0) is 26.4. The van der Waals surface area contributed by atoms with Crippen molar-refractivity contribution in [2.75, 3.05) is 0 Å². The zero-order valence-electron chi connectivity index (χ0n) is 20.9. The molecular formula is C34H22N4O. The van der Waals surface area contributed by atoms with Crippen LogP contribution in [0.1, 0.15) is 5.56 Å². The van der Waals surface area contributed by atoms with E-state index in [9.17, 15) is 0 Å². The second-order valence-corrected chi connectivity index (χ2v) is 8.88. The van der Waals surface area contributed by atoms with E-state index in [1.165, 1.54) is 0 Å². The summed E-state index contributed by atoms with van der Waals surface area (Å²) in [6.07, 6.45) is 0. The highest BCUT2D eigenvalue weighted by Gasteiger charge is 2.12. The van der Waals surface area contributed by atoms with Crippen LogP contribution in [-0.4, -0.2) is 15.0 Å². The lowest BCUT2D eigenvalue weighted by Crippen LogP contribution is -2.00. The standard InChI is InChI=1S/C34H22N4O/c35-23-24-11-13-25(14-12-24)26-15-19-30(20-16-26)39-31-21-17-29(18-22-31)34-37-32(27-7-3-1-4-8-27)36-33(38-34)28-9-5-2-6-10-28/h1-22H. The summed E-state index contributed by atoms with van der Waals surface area (Å²) in [7, 11) is 0. The van der Waals surface area contributed by atoms with Crippen LogP contribution in [0.5, 0.6) is 11.5 Å². The summed E-state index contributed by atoms with van der Waals surface area (Å²) in [4.78, 5) is 14.3. The fourth-order valence-corrected chi connectivity index (χ4v) is 4.20. The largest absolute Gasteiger partial charge is 0.457 e. The third-order valence-corrected chi connectivity index (χ3v) is 6.25. The third kappa shape index (κ3) is 5.41. The Labute approximate surface area is 226 Å². The minimum absolute atomic E-state index is 0.598. The molecule has 0 spiro atoms. The number of rotatable bonds is 6. The molecule has 6 rings (SSSR count). The molecule has 0 atom stereocenters. The van der Waals surface area contributed by atoms with Gasteiger partial charge in [0.15, 0.2) is 17.5 Å². The molecule has 184 valence electrons. The van der Waals surface area contributed by atoms with Crippen LogP contribution in [0.3, 0.4) is 0 Å². The predicted molar refractivity (Wildman–Crippen MR) is 153 cm³/mol. The summed E-state index contributed by atoms with van der Waals surface area (Å²) in [6.45, 7) is 0. The molecule has 0 aliphatic rings. The molecule has 0 saturated carbocycles. The molecule has 0 bridgehead atoms. The second kappa shape index (κ2) is 10.8. The average molecular weight is 503 g/mol. The van der Waals surface area contributed by atoms with Crippen molar-refractivity contribution in [1.29, 1.82) is 5.26 Å². The first kappa shape index (κ1) is 23.8. The van der Waals surface area contributed by atoms with Crippen LogP contribution >= 0.6 is 0 Å². The van der Waals surface area contributed by atoms with Crippen LogP contribution in [0.15, 0.2) is 133 Å². The van der Waals surface area contributed by atoms with Crippen LogP contribution < -0.4 is 4.74 Å². The van der Waals surface area contributed by atoms with Crippen LogP contribution in [0.4, 0.5) is 0 Å². The van der Waals surface area contributed by atoms with Gasteiger partial charge >= 0.3 is 0 Å². The summed E-state index contributed by atoms with van der Waals surface area (Å²) in [5, 5.41) is 9.00. The normalized spacial score (nSPS) is 10.5. The topological polar surface area (TPSA) is 71.7 Å². The Morgan fingerprint density at radius 2 is 0.769 bits per heavy atom. The maximum absolute atomic E-state index is 9.00. The number of nitrogens with zero attached hydrogens (tertiary/aromatic N) is 4. The third-order valence-electron chi connectivity index (χ3n) is 6.25. The highest BCUT2D eigenvalue weighted by atomic mass is 16.5. The smallest absolute Gasteiger partial charge is 0.164 e. The number of hydrogen-bond acceptors (Lipinski definition) is 5. The number of nitriles is 1. The zero-order valence-corrected chi connectivity index (χ0v) is 20.9. The first-order valence-electron chi connectivity index (χ1n) is 12.5. The fourth-order valence-electron chi connectivity index (χ4n) is 4.20. The molecule has 5 heteroatoms. The van der Waals surface area contributed by atoms with E-state index in [1.54, 1.807) is 0 Å². The van der Waals surface area contributed by atoms with Crippen molar-refractivity contribution in [2.45, 2.75) is 0 Å². The SMILES string of the molecule is N#Cc1ccc(-c2ccc(Oc3ccc(-c4nc(-c5ccccc5)nc(-c5ccccc5)n4)cc3)cc2)cc1. The number of benzene rings is 5. The monoisotopic (exact) mass is 502 g/mol. The molecule has 0 fully saturated rings. The lowest BCUT2D eigenvalue weighted by molar-refractivity contribution is 0.483. The van der Waals surface area contributed by atoms with Gasteiger partial charge in [-0.1, -0.05) is 84.9 Å². The van der Waals surface area contributed by atoms with Crippen LogP contribution in [0.25, 0.3) is 45.3 Å². The Hall–Kier alpha value is -5.60. The molecule has 6 aromatic rings. The molecule has 0 amide bonds. The van der Waals surface area contributed by atoms with Gasteiger partial charge in [0.25, 0.3) is 0 Å². The molecule has 1 aromatic heterocycles. The van der Waals surface area contributed by atoms with Crippen molar-refractivity contribution >= 4 is 0 Å². The van der Waals surface area contributed by atoms with E-state index in [1.807, 2.05) is 133 Å². The maximum atomic E-state index is 9.00. The molecule has 5 aromatic carbocycles. The summed E-state index contributed by atoms with van der Waals surface area (Å²) in [5.74, 6) is 3.30. The Morgan fingerprint density at radius 1 is 0.410 bits per heavy atom. The van der Waals surface area contributed by atoms with E-state index in [0.29, 0.717) is 28.8 Å². The Bertz CT molecular complexity index is 1680. The molecule has 0 saturated heterocycles. The van der Waals surface area contributed by atoms with Crippen molar-refractivity contribution < 1.29 is 4.74 Å². The van der Waals surface area contributed by atoms with Crippen LogP contribution in [0.2, 0.25) is 0 Å². The van der Waals surface area contributed by atoms with Gasteiger partial charge in [-0.05, 0) is 59.7 Å². The number of hydrogen-bond donors (Lipinski definition) is 0. The highest BCUT2D eigenvalue weighted by molar-refractivity contribution is 5.67. The summed E-state index contributed by atoms with van der Waals surface area (Å²) >= 11 is 0. The molecule has 39 heavy (non-hydrogen) atoms. The molecule has 5 nitrogen and oxygen atoms in total. The number of aromatic nitrogens is 3. The molecule has 0 unspecified atom stereocenters. The van der Waals surface area contributed by atoms with Gasteiger partial charge < -0.3 is 4.74 Å². The molecule has 0 aliphatic heterocycles. The molecular weight excluding hydrogens is 480 g/mol. The predicted octanol–water partition coefficient (Wildman–Crippen LogP) is 8.20. The lowest BCUT2D eigenvalue weighted by Gasteiger charge is -2.10. The summed E-state index contributed by atoms with van der Waals surface area (Å²) in [6, 6.07) is 45.1. The summed E-state index contributed by atoms with van der Waals surface area (Å²) in [5.41, 5.74) is 5.49. The average Bonchev–Trinajstić information content (AvgIpc) is 3.02. The molecule has 1 heterocycles. The Balaban J connectivity index is 1.25. The van der Waals surface area contributed by atoms with E-state index in [2.05, 4.69) is 6.07 Å². The minimum atomic E-state index is 0.598. The van der Waals surface area contributed by atoms with Crippen molar-refractivity contribution in [2.24, 2.45) is 0 Å². The quantitative estimate of drug-likeness (QED) is 0.229. The lowest BCUT2D eigenvalue weighted by atomic mass is 10.0. The van der Waals surface area contributed by atoms with Crippen LogP contribution in [0, 0.1) is 11.3 Å². The van der Waals surface area contributed by atoms with Crippen molar-refractivity contribution in [3.05, 3.63) is 139 Å². The first-order chi connectivity index (χ1) is 19.2. The van der Waals surface area contributed by atoms with Crippen molar-refractivity contribution in [3.8, 4) is 62.9 Å². The van der Waals surface area contributed by atoms with E-state index in [4.69, 9.17) is 25.0 Å². The number of ether oxygens (including phenoxy) is 1. The van der Waals surface area contributed by atoms with Gasteiger partial charge in [0.2, 0.25) is 0 Å². The molecule has 0 N–H and O–H groups in total. The first-order valence-corrected chi connectivity index (χ1v) is 12.5. The van der Waals surface area contributed by atoms with E-state index < -0.39 is 0 Å². The van der Waals surface area contributed by atoms with Crippen molar-refractivity contribution in [3.63, 3.8) is 0 Å². The molecule has 0 aliphatic carbocycles.